The van der Waals surface area contributed by atoms with Gasteiger partial charge in [-0.15, -0.1) is 0 Å². The highest BCUT2D eigenvalue weighted by Gasteiger charge is 2.47. The van der Waals surface area contributed by atoms with Crippen molar-refractivity contribution in [1.82, 2.24) is 19.8 Å². The van der Waals surface area contributed by atoms with Gasteiger partial charge in [-0.05, 0) is 53.0 Å². The highest BCUT2D eigenvalue weighted by Crippen LogP contribution is 2.39. The van der Waals surface area contributed by atoms with Crippen molar-refractivity contribution < 1.29 is 19.1 Å². The number of ketones is 1. The van der Waals surface area contributed by atoms with Crippen LogP contribution in [0.15, 0.2) is 34.6 Å². The Balaban J connectivity index is 2.07. The van der Waals surface area contributed by atoms with Gasteiger partial charge in [0.15, 0.2) is 0 Å². The number of amides is 1. The Labute approximate surface area is 163 Å². The van der Waals surface area contributed by atoms with Crippen molar-refractivity contribution in [2.75, 3.05) is 27.2 Å². The molecular formula is C20H24N4O4. The van der Waals surface area contributed by atoms with Gasteiger partial charge >= 0.3 is 0 Å². The maximum atomic E-state index is 12.8. The number of aromatic nitrogens is 2. The van der Waals surface area contributed by atoms with Crippen molar-refractivity contribution in [1.29, 1.82) is 0 Å². The molecule has 3 heterocycles. The summed E-state index contributed by atoms with van der Waals surface area (Å²) >= 11 is 0. The van der Waals surface area contributed by atoms with E-state index in [9.17, 15) is 14.7 Å². The summed E-state index contributed by atoms with van der Waals surface area (Å²) in [6.07, 6.45) is 3.63. The number of likely N-dealkylation sites (tertiary alicyclic amines) is 1. The minimum absolute atomic E-state index is 0.000330. The zero-order chi connectivity index (χ0) is 20.4. The van der Waals surface area contributed by atoms with Gasteiger partial charge in [0, 0.05) is 12.7 Å². The number of carbonyl (C=O) groups excluding carboxylic acids is 2. The minimum atomic E-state index is -0.780. The zero-order valence-electron chi connectivity index (χ0n) is 16.5. The lowest BCUT2D eigenvalue weighted by Crippen LogP contribution is -2.32. The summed E-state index contributed by atoms with van der Waals surface area (Å²) in [4.78, 5) is 37.3. The highest BCUT2D eigenvalue weighted by molar-refractivity contribution is 6.46. The lowest BCUT2D eigenvalue weighted by Gasteiger charge is -2.24. The van der Waals surface area contributed by atoms with E-state index in [4.69, 9.17) is 4.42 Å². The lowest BCUT2D eigenvalue weighted by atomic mass is 9.99. The van der Waals surface area contributed by atoms with E-state index in [2.05, 4.69) is 9.97 Å². The van der Waals surface area contributed by atoms with Gasteiger partial charge in [-0.2, -0.15) is 0 Å². The molecule has 0 saturated carbocycles. The Morgan fingerprint density at radius 3 is 2.68 bits per heavy atom. The van der Waals surface area contributed by atoms with E-state index < -0.39 is 17.7 Å². The summed E-state index contributed by atoms with van der Waals surface area (Å²) in [6, 6.07) is 2.61. The van der Waals surface area contributed by atoms with Gasteiger partial charge < -0.3 is 19.3 Å². The second kappa shape index (κ2) is 7.93. The van der Waals surface area contributed by atoms with Crippen LogP contribution in [-0.2, 0) is 9.59 Å². The molecule has 8 heteroatoms. The molecule has 8 nitrogen and oxygen atoms in total. The van der Waals surface area contributed by atoms with Crippen molar-refractivity contribution in [3.63, 3.8) is 0 Å². The predicted molar refractivity (Wildman–Crippen MR) is 102 cm³/mol. The summed E-state index contributed by atoms with van der Waals surface area (Å²) in [5.41, 5.74) is 0.857. The molecule has 28 heavy (non-hydrogen) atoms. The highest BCUT2D eigenvalue weighted by atomic mass is 16.3. The normalized spacial score (nSPS) is 19.0. The molecule has 1 aliphatic rings. The van der Waals surface area contributed by atoms with E-state index in [0.29, 0.717) is 35.8 Å². The van der Waals surface area contributed by atoms with Crippen molar-refractivity contribution in [3.05, 3.63) is 53.0 Å². The molecule has 1 amide bonds. The number of hydrogen-bond donors (Lipinski definition) is 1. The summed E-state index contributed by atoms with van der Waals surface area (Å²) < 4.78 is 5.50. The molecule has 148 valence electrons. The van der Waals surface area contributed by atoms with Crippen molar-refractivity contribution >= 4 is 17.4 Å². The monoisotopic (exact) mass is 384 g/mol. The third-order valence-corrected chi connectivity index (χ3v) is 4.71. The van der Waals surface area contributed by atoms with Crippen LogP contribution >= 0.6 is 0 Å². The second-order valence-electron chi connectivity index (χ2n) is 7.08. The Morgan fingerprint density at radius 2 is 2.07 bits per heavy atom. The minimum Gasteiger partial charge on any atom is -0.507 e. The number of rotatable bonds is 6. The predicted octanol–water partition coefficient (Wildman–Crippen LogP) is 2.06. The fourth-order valence-electron chi connectivity index (χ4n) is 3.37. The van der Waals surface area contributed by atoms with Crippen LogP contribution in [0, 0.1) is 13.8 Å². The maximum absolute atomic E-state index is 12.8. The average molecular weight is 384 g/mol. The van der Waals surface area contributed by atoms with Crippen LogP contribution in [0.1, 0.15) is 35.3 Å². The molecule has 3 rings (SSSR count). The first-order chi connectivity index (χ1) is 13.3. The van der Waals surface area contributed by atoms with Crippen LogP contribution in [0.25, 0.3) is 5.76 Å². The zero-order valence-corrected chi connectivity index (χ0v) is 16.5. The first-order valence-electron chi connectivity index (χ1n) is 9.08. The molecule has 0 aromatic carbocycles. The standard InChI is InChI=1S/C20H24N4O4/c1-12-14(11-21-13(2)22-12)18(25)16-17(15-7-5-10-28-15)24(20(27)19(16)26)9-6-8-23(3)4/h5,7,10-11,17,25H,6,8-9H2,1-4H3/t17-/m1/s1. The van der Waals surface area contributed by atoms with E-state index >= 15 is 0 Å². The SMILES string of the molecule is Cc1ncc(C(O)=C2C(=O)C(=O)N(CCCN(C)C)[C@@H]2c2ccco2)c(C)n1. The summed E-state index contributed by atoms with van der Waals surface area (Å²) in [5, 5.41) is 10.9. The number of hydrogen-bond acceptors (Lipinski definition) is 7. The fourth-order valence-corrected chi connectivity index (χ4v) is 3.37. The molecular weight excluding hydrogens is 360 g/mol. The van der Waals surface area contributed by atoms with Gasteiger partial charge in [-0.25, -0.2) is 9.97 Å². The number of aliphatic hydroxyl groups excluding tert-OH is 1. The molecule has 1 aliphatic heterocycles. The maximum Gasteiger partial charge on any atom is 0.295 e. The van der Waals surface area contributed by atoms with Gasteiger partial charge in [0.1, 0.15) is 23.4 Å². The van der Waals surface area contributed by atoms with Gasteiger partial charge in [0.25, 0.3) is 11.7 Å². The number of furan rings is 1. The van der Waals surface area contributed by atoms with Crippen LogP contribution in [0.2, 0.25) is 0 Å². The molecule has 0 radical (unpaired) electrons. The largest absolute Gasteiger partial charge is 0.507 e. The molecule has 1 saturated heterocycles. The quantitative estimate of drug-likeness (QED) is 0.462. The molecule has 0 unspecified atom stereocenters. The molecule has 1 N–H and O–H groups in total. The molecule has 2 aromatic rings. The third-order valence-electron chi connectivity index (χ3n) is 4.71. The molecule has 0 bridgehead atoms. The summed E-state index contributed by atoms with van der Waals surface area (Å²) in [6.45, 7) is 4.59. The fraction of sp³-hybridized carbons (Fsp3) is 0.400. The van der Waals surface area contributed by atoms with Crippen molar-refractivity contribution in [2.45, 2.75) is 26.3 Å². The first kappa shape index (κ1) is 19.8. The topological polar surface area (TPSA) is 99.8 Å². The van der Waals surface area contributed by atoms with E-state index in [1.807, 2.05) is 19.0 Å². The third kappa shape index (κ3) is 3.68. The number of nitrogens with zero attached hydrogens (tertiary/aromatic N) is 4. The van der Waals surface area contributed by atoms with Crippen LogP contribution in [0.5, 0.6) is 0 Å². The van der Waals surface area contributed by atoms with Crippen LogP contribution in [0.3, 0.4) is 0 Å². The smallest absolute Gasteiger partial charge is 0.295 e. The Hall–Kier alpha value is -3.00. The van der Waals surface area contributed by atoms with Gasteiger partial charge in [0.2, 0.25) is 0 Å². The van der Waals surface area contributed by atoms with Crippen LogP contribution in [0.4, 0.5) is 0 Å². The summed E-state index contributed by atoms with van der Waals surface area (Å²) in [7, 11) is 3.89. The van der Waals surface area contributed by atoms with Gasteiger partial charge in [-0.3, -0.25) is 9.59 Å². The van der Waals surface area contributed by atoms with Crippen LogP contribution in [-0.4, -0.2) is 63.7 Å². The molecule has 1 fully saturated rings. The number of carbonyl (C=O) groups is 2. The van der Waals surface area contributed by atoms with E-state index in [1.54, 1.807) is 26.0 Å². The molecule has 1 atom stereocenters. The van der Waals surface area contributed by atoms with E-state index in [-0.39, 0.29) is 11.3 Å². The lowest BCUT2D eigenvalue weighted by molar-refractivity contribution is -0.140. The number of aryl methyl sites for hydroxylation is 2. The first-order valence-corrected chi connectivity index (χ1v) is 9.08. The van der Waals surface area contributed by atoms with Gasteiger partial charge in [0.05, 0.1) is 23.1 Å². The number of aliphatic hydroxyl groups is 1. The molecule has 0 aliphatic carbocycles. The average Bonchev–Trinajstić information content (AvgIpc) is 3.23. The Kier molecular flexibility index (Phi) is 5.60. The van der Waals surface area contributed by atoms with E-state index in [1.165, 1.54) is 17.4 Å². The van der Waals surface area contributed by atoms with Crippen LogP contribution < -0.4 is 0 Å². The van der Waals surface area contributed by atoms with Crippen molar-refractivity contribution in [3.8, 4) is 0 Å². The Morgan fingerprint density at radius 1 is 1.32 bits per heavy atom. The Bertz CT molecular complexity index is 918. The summed E-state index contributed by atoms with van der Waals surface area (Å²) in [5.74, 6) is -0.680. The second-order valence-corrected chi connectivity index (χ2v) is 7.08. The molecule has 0 spiro atoms. The van der Waals surface area contributed by atoms with Crippen molar-refractivity contribution in [2.24, 2.45) is 0 Å². The van der Waals surface area contributed by atoms with E-state index in [0.717, 1.165) is 6.54 Å². The molecule has 2 aromatic heterocycles. The number of Topliss-reactive ketones (excluding diaryl/α,β-unsaturated/α-hetero) is 1. The van der Waals surface area contributed by atoms with Gasteiger partial charge in [-0.1, -0.05) is 0 Å².